The summed E-state index contributed by atoms with van der Waals surface area (Å²) in [5.41, 5.74) is 2.91. The molecule has 1 aromatic heterocycles. The Kier molecular flexibility index (Phi) is 4.97. The van der Waals surface area contributed by atoms with Gasteiger partial charge in [0.1, 0.15) is 11.4 Å². The molecule has 0 saturated heterocycles. The summed E-state index contributed by atoms with van der Waals surface area (Å²) in [5, 5.41) is 6.12. The van der Waals surface area contributed by atoms with E-state index in [9.17, 15) is 4.79 Å². The Morgan fingerprint density at radius 1 is 1.04 bits per heavy atom. The van der Waals surface area contributed by atoms with Gasteiger partial charge in [-0.2, -0.15) is 0 Å². The van der Waals surface area contributed by atoms with Crippen LogP contribution in [-0.2, 0) is 6.54 Å². The zero-order valence-electron chi connectivity index (χ0n) is 15.3. The molecule has 2 aromatic carbocycles. The third-order valence-corrected chi connectivity index (χ3v) is 4.26. The number of carbonyl (C=O) groups excluding carboxylic acids is 1. The molecule has 4 rings (SSSR count). The number of nitrogens with one attached hydrogen (secondary N) is 2. The van der Waals surface area contributed by atoms with E-state index in [1.807, 2.05) is 42.5 Å². The van der Waals surface area contributed by atoms with Gasteiger partial charge in [-0.3, -0.25) is 9.78 Å². The number of fused-ring (bicyclic) bond motifs is 1. The van der Waals surface area contributed by atoms with Crippen LogP contribution < -0.4 is 24.8 Å². The zero-order valence-corrected chi connectivity index (χ0v) is 15.3. The van der Waals surface area contributed by atoms with Crippen LogP contribution in [0.5, 0.6) is 17.2 Å². The molecule has 1 amide bonds. The number of hydrogen-bond donors (Lipinski definition) is 2. The van der Waals surface area contributed by atoms with Crippen molar-refractivity contribution >= 4 is 17.3 Å². The van der Waals surface area contributed by atoms with E-state index >= 15 is 0 Å². The van der Waals surface area contributed by atoms with Crippen molar-refractivity contribution in [2.45, 2.75) is 6.54 Å². The Hall–Kier alpha value is -3.74. The number of amides is 1. The molecule has 7 heteroatoms. The molecule has 0 radical (unpaired) electrons. The average Bonchev–Trinajstić information content (AvgIpc) is 3.20. The van der Waals surface area contributed by atoms with Gasteiger partial charge in [0.25, 0.3) is 5.91 Å². The lowest BCUT2D eigenvalue weighted by Crippen LogP contribution is -2.23. The van der Waals surface area contributed by atoms with Gasteiger partial charge in [0, 0.05) is 24.1 Å². The molecule has 2 N–H and O–H groups in total. The van der Waals surface area contributed by atoms with Crippen molar-refractivity contribution in [2.75, 3.05) is 19.2 Å². The molecule has 0 aliphatic carbocycles. The second-order valence-corrected chi connectivity index (χ2v) is 6.15. The first kappa shape index (κ1) is 17.7. The van der Waals surface area contributed by atoms with Crippen LogP contribution in [0.15, 0.2) is 60.8 Å². The van der Waals surface area contributed by atoms with Crippen molar-refractivity contribution in [3.05, 3.63) is 72.1 Å². The summed E-state index contributed by atoms with van der Waals surface area (Å²) in [4.78, 5) is 16.6. The normalized spacial score (nSPS) is 11.8. The van der Waals surface area contributed by atoms with Gasteiger partial charge in [0.2, 0.25) is 6.79 Å². The summed E-state index contributed by atoms with van der Waals surface area (Å²) in [6.07, 6.45) is 1.60. The van der Waals surface area contributed by atoms with Crippen LogP contribution in [0.25, 0.3) is 0 Å². The van der Waals surface area contributed by atoms with Crippen LogP contribution in [0.3, 0.4) is 0 Å². The first-order valence-corrected chi connectivity index (χ1v) is 8.75. The van der Waals surface area contributed by atoms with Gasteiger partial charge < -0.3 is 24.8 Å². The van der Waals surface area contributed by atoms with E-state index in [4.69, 9.17) is 14.2 Å². The molecule has 1 aliphatic rings. The van der Waals surface area contributed by atoms with Gasteiger partial charge in [0.15, 0.2) is 11.5 Å². The van der Waals surface area contributed by atoms with Crippen molar-refractivity contribution < 1.29 is 19.0 Å². The predicted molar refractivity (Wildman–Crippen MR) is 104 cm³/mol. The van der Waals surface area contributed by atoms with Crippen LogP contribution in [0.1, 0.15) is 16.1 Å². The zero-order chi connectivity index (χ0) is 19.3. The van der Waals surface area contributed by atoms with Crippen molar-refractivity contribution in [3.63, 3.8) is 0 Å². The Morgan fingerprint density at radius 2 is 1.86 bits per heavy atom. The summed E-state index contributed by atoms with van der Waals surface area (Å²) in [5.74, 6) is 1.93. The molecule has 0 fully saturated rings. The SMILES string of the molecule is COc1ccc(Nc2ccnc(C(=O)NCc3ccc4c(c3)OCO4)c2)cc1. The number of rotatable bonds is 6. The van der Waals surface area contributed by atoms with Crippen molar-refractivity contribution in [1.82, 2.24) is 10.3 Å². The molecule has 7 nitrogen and oxygen atoms in total. The molecule has 0 bridgehead atoms. The molecule has 2 heterocycles. The summed E-state index contributed by atoms with van der Waals surface area (Å²) < 4.78 is 15.8. The predicted octanol–water partition coefficient (Wildman–Crippen LogP) is 3.49. The van der Waals surface area contributed by atoms with Crippen molar-refractivity contribution in [2.24, 2.45) is 0 Å². The minimum absolute atomic E-state index is 0.225. The van der Waals surface area contributed by atoms with Crippen LogP contribution in [-0.4, -0.2) is 24.8 Å². The van der Waals surface area contributed by atoms with Gasteiger partial charge in [-0.25, -0.2) is 0 Å². The van der Waals surface area contributed by atoms with Gasteiger partial charge >= 0.3 is 0 Å². The first-order valence-electron chi connectivity index (χ1n) is 8.75. The highest BCUT2D eigenvalue weighted by atomic mass is 16.7. The molecular weight excluding hydrogens is 358 g/mol. The fraction of sp³-hybridized carbons (Fsp3) is 0.143. The number of carbonyl (C=O) groups is 1. The number of pyridine rings is 1. The Morgan fingerprint density at radius 3 is 2.68 bits per heavy atom. The van der Waals surface area contributed by atoms with Crippen LogP contribution in [0.2, 0.25) is 0 Å². The minimum Gasteiger partial charge on any atom is -0.497 e. The molecule has 0 atom stereocenters. The van der Waals surface area contributed by atoms with Gasteiger partial charge in [-0.05, 0) is 54.1 Å². The maximum Gasteiger partial charge on any atom is 0.270 e. The van der Waals surface area contributed by atoms with E-state index in [1.54, 1.807) is 25.4 Å². The molecular formula is C21H19N3O4. The number of ether oxygens (including phenoxy) is 3. The standard InChI is InChI=1S/C21H19N3O4/c1-26-17-5-3-15(4-6-17)24-16-8-9-22-18(11-16)21(25)23-12-14-2-7-19-20(10-14)28-13-27-19/h2-11H,12-13H2,1H3,(H,22,24)(H,23,25). The van der Waals surface area contributed by atoms with E-state index in [2.05, 4.69) is 15.6 Å². The quantitative estimate of drug-likeness (QED) is 0.684. The van der Waals surface area contributed by atoms with Crippen LogP contribution in [0.4, 0.5) is 11.4 Å². The number of benzene rings is 2. The van der Waals surface area contributed by atoms with E-state index < -0.39 is 0 Å². The summed E-state index contributed by atoms with van der Waals surface area (Å²) >= 11 is 0. The van der Waals surface area contributed by atoms with E-state index in [1.165, 1.54) is 0 Å². The largest absolute Gasteiger partial charge is 0.497 e. The summed E-state index contributed by atoms with van der Waals surface area (Å²) in [6, 6.07) is 16.6. The maximum absolute atomic E-state index is 12.5. The highest BCUT2D eigenvalue weighted by Gasteiger charge is 2.14. The van der Waals surface area contributed by atoms with Crippen molar-refractivity contribution in [3.8, 4) is 17.2 Å². The Labute approximate surface area is 162 Å². The Balaban J connectivity index is 1.39. The number of anilines is 2. The highest BCUT2D eigenvalue weighted by Crippen LogP contribution is 2.32. The van der Waals surface area contributed by atoms with E-state index in [-0.39, 0.29) is 12.7 Å². The molecule has 0 unspecified atom stereocenters. The molecule has 3 aromatic rings. The molecule has 1 aliphatic heterocycles. The topological polar surface area (TPSA) is 81.7 Å². The third-order valence-electron chi connectivity index (χ3n) is 4.26. The van der Waals surface area contributed by atoms with E-state index in [0.717, 1.165) is 22.7 Å². The smallest absolute Gasteiger partial charge is 0.270 e. The molecule has 0 spiro atoms. The van der Waals surface area contributed by atoms with Gasteiger partial charge in [0.05, 0.1) is 7.11 Å². The fourth-order valence-corrected chi connectivity index (χ4v) is 2.80. The lowest BCUT2D eigenvalue weighted by atomic mass is 10.2. The van der Waals surface area contributed by atoms with Gasteiger partial charge in [-0.1, -0.05) is 6.07 Å². The lowest BCUT2D eigenvalue weighted by Gasteiger charge is -2.09. The molecule has 0 saturated carbocycles. The first-order chi connectivity index (χ1) is 13.7. The monoisotopic (exact) mass is 377 g/mol. The number of methoxy groups -OCH3 is 1. The lowest BCUT2D eigenvalue weighted by molar-refractivity contribution is 0.0946. The van der Waals surface area contributed by atoms with E-state index in [0.29, 0.717) is 23.7 Å². The Bertz CT molecular complexity index is 989. The third kappa shape index (κ3) is 3.98. The maximum atomic E-state index is 12.5. The molecule has 142 valence electrons. The average molecular weight is 377 g/mol. The number of hydrogen-bond acceptors (Lipinski definition) is 6. The van der Waals surface area contributed by atoms with Crippen LogP contribution >= 0.6 is 0 Å². The van der Waals surface area contributed by atoms with Gasteiger partial charge in [-0.15, -0.1) is 0 Å². The highest BCUT2D eigenvalue weighted by molar-refractivity contribution is 5.93. The second-order valence-electron chi connectivity index (χ2n) is 6.15. The van der Waals surface area contributed by atoms with Crippen molar-refractivity contribution in [1.29, 1.82) is 0 Å². The number of aromatic nitrogens is 1. The number of nitrogens with zero attached hydrogens (tertiary/aromatic N) is 1. The summed E-state index contributed by atoms with van der Waals surface area (Å²) in [6.45, 7) is 0.594. The fourth-order valence-electron chi connectivity index (χ4n) is 2.80. The molecule has 28 heavy (non-hydrogen) atoms. The minimum atomic E-state index is -0.254. The van der Waals surface area contributed by atoms with Crippen LogP contribution in [0, 0.1) is 0 Å². The second kappa shape index (κ2) is 7.87. The summed E-state index contributed by atoms with van der Waals surface area (Å²) in [7, 11) is 1.62.